The SMILES string of the molecule is CCS(=O)CCNC(=O)c1cccc(F)c1NN. The fourth-order valence-corrected chi connectivity index (χ4v) is 2.00. The molecule has 7 heteroatoms. The van der Waals surface area contributed by atoms with E-state index in [2.05, 4.69) is 10.7 Å². The summed E-state index contributed by atoms with van der Waals surface area (Å²) in [5.74, 6) is 5.05. The van der Waals surface area contributed by atoms with Gasteiger partial charge < -0.3 is 10.7 Å². The Morgan fingerprint density at radius 2 is 2.22 bits per heavy atom. The first-order valence-corrected chi connectivity index (χ1v) is 6.97. The second-order valence-corrected chi connectivity index (χ2v) is 5.36. The van der Waals surface area contributed by atoms with E-state index in [1.165, 1.54) is 18.2 Å². The summed E-state index contributed by atoms with van der Waals surface area (Å²) >= 11 is 0. The first kappa shape index (κ1) is 14.6. The number of halogens is 1. The maximum absolute atomic E-state index is 13.3. The molecular formula is C11H16FN3O2S. The van der Waals surface area contributed by atoms with Crippen LogP contribution in [-0.4, -0.2) is 28.2 Å². The number of rotatable bonds is 6. The maximum atomic E-state index is 13.3. The minimum atomic E-state index is -0.940. The quantitative estimate of drug-likeness (QED) is 0.524. The number of hydrogen-bond acceptors (Lipinski definition) is 4. The second kappa shape index (κ2) is 7.07. The van der Waals surface area contributed by atoms with E-state index in [0.717, 1.165) is 0 Å². The van der Waals surface area contributed by atoms with Gasteiger partial charge in [0.15, 0.2) is 0 Å². The number of amides is 1. The maximum Gasteiger partial charge on any atom is 0.253 e. The molecule has 1 unspecified atom stereocenters. The molecule has 0 spiro atoms. The van der Waals surface area contributed by atoms with Gasteiger partial charge in [0.05, 0.1) is 11.3 Å². The second-order valence-electron chi connectivity index (χ2n) is 3.50. The molecule has 4 N–H and O–H groups in total. The van der Waals surface area contributed by atoms with E-state index in [1.807, 2.05) is 0 Å². The molecule has 1 rings (SSSR count). The van der Waals surface area contributed by atoms with Crippen molar-refractivity contribution in [2.75, 3.05) is 23.5 Å². The lowest BCUT2D eigenvalue weighted by Gasteiger charge is -2.10. The average Bonchev–Trinajstić information content (AvgIpc) is 2.37. The van der Waals surface area contributed by atoms with Gasteiger partial charge in [0.25, 0.3) is 5.91 Å². The van der Waals surface area contributed by atoms with Crippen LogP contribution in [0.25, 0.3) is 0 Å². The molecule has 0 aromatic heterocycles. The Labute approximate surface area is 107 Å². The molecule has 0 saturated carbocycles. The summed E-state index contributed by atoms with van der Waals surface area (Å²) in [4.78, 5) is 11.8. The summed E-state index contributed by atoms with van der Waals surface area (Å²) in [7, 11) is -0.940. The monoisotopic (exact) mass is 273 g/mol. The topological polar surface area (TPSA) is 84.2 Å². The summed E-state index contributed by atoms with van der Waals surface area (Å²) in [5, 5.41) is 2.57. The van der Waals surface area contributed by atoms with Crippen molar-refractivity contribution in [3.63, 3.8) is 0 Å². The van der Waals surface area contributed by atoms with Crippen molar-refractivity contribution in [3.05, 3.63) is 29.6 Å². The van der Waals surface area contributed by atoms with Gasteiger partial charge in [0.1, 0.15) is 5.82 Å². The van der Waals surface area contributed by atoms with Gasteiger partial charge in [-0.25, -0.2) is 4.39 Å². The van der Waals surface area contributed by atoms with Crippen LogP contribution in [0.15, 0.2) is 18.2 Å². The number of nitrogens with two attached hydrogens (primary N) is 1. The van der Waals surface area contributed by atoms with Crippen LogP contribution in [0.3, 0.4) is 0 Å². The van der Waals surface area contributed by atoms with Gasteiger partial charge >= 0.3 is 0 Å². The van der Waals surface area contributed by atoms with Gasteiger partial charge in [-0.2, -0.15) is 0 Å². The molecule has 1 amide bonds. The molecule has 0 radical (unpaired) electrons. The molecule has 0 fully saturated rings. The van der Waals surface area contributed by atoms with E-state index in [4.69, 9.17) is 5.84 Å². The van der Waals surface area contributed by atoms with Crippen LogP contribution in [-0.2, 0) is 10.8 Å². The molecule has 1 aromatic carbocycles. The molecule has 5 nitrogen and oxygen atoms in total. The van der Waals surface area contributed by atoms with E-state index in [1.54, 1.807) is 6.92 Å². The number of nitrogen functional groups attached to an aromatic ring is 1. The van der Waals surface area contributed by atoms with Gasteiger partial charge in [-0.05, 0) is 12.1 Å². The third kappa shape index (κ3) is 3.78. The van der Waals surface area contributed by atoms with Crippen molar-refractivity contribution in [1.29, 1.82) is 0 Å². The Hall–Kier alpha value is -1.47. The van der Waals surface area contributed by atoms with Crippen molar-refractivity contribution in [3.8, 4) is 0 Å². The molecule has 0 aliphatic carbocycles. The number of carbonyl (C=O) groups excluding carboxylic acids is 1. The molecule has 1 aromatic rings. The first-order chi connectivity index (χ1) is 8.60. The minimum Gasteiger partial charge on any atom is -0.351 e. The Morgan fingerprint density at radius 3 is 2.83 bits per heavy atom. The van der Waals surface area contributed by atoms with E-state index < -0.39 is 22.5 Å². The lowest BCUT2D eigenvalue weighted by Crippen LogP contribution is -2.29. The summed E-state index contributed by atoms with van der Waals surface area (Å²) in [6, 6.07) is 4.10. The van der Waals surface area contributed by atoms with Gasteiger partial charge in [-0.1, -0.05) is 13.0 Å². The summed E-state index contributed by atoms with van der Waals surface area (Å²) in [6.07, 6.45) is 0. The fraction of sp³-hybridized carbons (Fsp3) is 0.364. The molecule has 0 saturated heterocycles. The van der Waals surface area contributed by atoms with Gasteiger partial charge in [-0.15, -0.1) is 0 Å². The zero-order valence-corrected chi connectivity index (χ0v) is 10.8. The Bertz CT molecular complexity index is 454. The fourth-order valence-electron chi connectivity index (χ4n) is 1.38. The van der Waals surface area contributed by atoms with Gasteiger partial charge in [-0.3, -0.25) is 14.8 Å². The Balaban J connectivity index is 2.67. The highest BCUT2D eigenvalue weighted by Crippen LogP contribution is 2.18. The number of benzene rings is 1. The van der Waals surface area contributed by atoms with Crippen LogP contribution in [0.2, 0.25) is 0 Å². The average molecular weight is 273 g/mol. The lowest BCUT2D eigenvalue weighted by molar-refractivity contribution is 0.0956. The molecule has 0 aliphatic heterocycles. The van der Waals surface area contributed by atoms with E-state index >= 15 is 0 Å². The molecule has 18 heavy (non-hydrogen) atoms. The zero-order chi connectivity index (χ0) is 13.5. The minimum absolute atomic E-state index is 0.0494. The normalized spacial score (nSPS) is 11.9. The van der Waals surface area contributed by atoms with Crippen LogP contribution in [0.4, 0.5) is 10.1 Å². The molecule has 0 aliphatic rings. The number of anilines is 1. The van der Waals surface area contributed by atoms with Crippen molar-refractivity contribution in [2.45, 2.75) is 6.92 Å². The van der Waals surface area contributed by atoms with E-state index in [-0.39, 0.29) is 17.8 Å². The number of carbonyl (C=O) groups is 1. The van der Waals surface area contributed by atoms with Crippen LogP contribution in [0.5, 0.6) is 0 Å². The zero-order valence-electron chi connectivity index (χ0n) is 10.0. The number of hydrogen-bond donors (Lipinski definition) is 3. The van der Waals surface area contributed by atoms with Crippen molar-refractivity contribution in [2.24, 2.45) is 5.84 Å². The third-order valence-corrected chi connectivity index (χ3v) is 3.64. The third-order valence-electron chi connectivity index (χ3n) is 2.34. The molecular weight excluding hydrogens is 257 g/mol. The van der Waals surface area contributed by atoms with Crippen LogP contribution >= 0.6 is 0 Å². The molecule has 0 heterocycles. The summed E-state index contributed by atoms with van der Waals surface area (Å²) in [6.45, 7) is 2.08. The van der Waals surface area contributed by atoms with Crippen molar-refractivity contribution in [1.82, 2.24) is 5.32 Å². The van der Waals surface area contributed by atoms with E-state index in [9.17, 15) is 13.4 Å². The molecule has 1 atom stereocenters. The van der Waals surface area contributed by atoms with Crippen LogP contribution in [0, 0.1) is 5.82 Å². The summed E-state index contributed by atoms with van der Waals surface area (Å²) < 4.78 is 24.5. The standard InChI is InChI=1S/C11H16FN3O2S/c1-2-18(17)7-6-14-11(16)8-4-3-5-9(12)10(8)15-13/h3-5,15H,2,6-7,13H2,1H3,(H,14,16). The van der Waals surface area contributed by atoms with Crippen molar-refractivity contribution >= 4 is 22.4 Å². The highest BCUT2D eigenvalue weighted by atomic mass is 32.2. The number of para-hydroxylation sites is 1. The van der Waals surface area contributed by atoms with Crippen LogP contribution in [0.1, 0.15) is 17.3 Å². The molecule has 100 valence electrons. The summed E-state index contributed by atoms with van der Waals surface area (Å²) in [5.41, 5.74) is 2.23. The van der Waals surface area contributed by atoms with Gasteiger partial charge in [0.2, 0.25) is 0 Å². The first-order valence-electron chi connectivity index (χ1n) is 5.48. The lowest BCUT2D eigenvalue weighted by atomic mass is 10.1. The van der Waals surface area contributed by atoms with E-state index in [0.29, 0.717) is 11.5 Å². The van der Waals surface area contributed by atoms with Gasteiger partial charge in [0, 0.05) is 28.9 Å². The van der Waals surface area contributed by atoms with Crippen LogP contribution < -0.4 is 16.6 Å². The molecule has 0 bridgehead atoms. The predicted molar refractivity (Wildman–Crippen MR) is 70.1 cm³/mol. The number of nitrogens with one attached hydrogen (secondary N) is 2. The Kier molecular flexibility index (Phi) is 5.73. The number of hydrazine groups is 1. The highest BCUT2D eigenvalue weighted by molar-refractivity contribution is 7.84. The van der Waals surface area contributed by atoms with Crippen molar-refractivity contribution < 1.29 is 13.4 Å². The Morgan fingerprint density at radius 1 is 1.50 bits per heavy atom. The predicted octanol–water partition coefficient (Wildman–Crippen LogP) is 0.610. The largest absolute Gasteiger partial charge is 0.351 e. The highest BCUT2D eigenvalue weighted by Gasteiger charge is 2.13. The smallest absolute Gasteiger partial charge is 0.253 e.